The summed E-state index contributed by atoms with van der Waals surface area (Å²) in [7, 11) is 0. The van der Waals surface area contributed by atoms with Gasteiger partial charge in [0.1, 0.15) is 5.82 Å². The van der Waals surface area contributed by atoms with E-state index in [1.807, 2.05) is 0 Å². The summed E-state index contributed by atoms with van der Waals surface area (Å²) in [6.45, 7) is 3.26. The van der Waals surface area contributed by atoms with Gasteiger partial charge < -0.3 is 5.73 Å². The van der Waals surface area contributed by atoms with Crippen LogP contribution in [0.1, 0.15) is 25.6 Å². The van der Waals surface area contributed by atoms with Gasteiger partial charge in [0.25, 0.3) is 0 Å². The molecule has 0 saturated carbocycles. The molecule has 0 radical (unpaired) electrons. The van der Waals surface area contributed by atoms with Gasteiger partial charge in [-0.1, -0.05) is 0 Å². The van der Waals surface area contributed by atoms with Gasteiger partial charge in [-0.25, -0.2) is 4.79 Å². The normalized spacial score (nSPS) is 12.1. The maximum absolute atomic E-state index is 12.2. The van der Waals surface area contributed by atoms with Crippen LogP contribution in [-0.2, 0) is 6.18 Å². The maximum Gasteiger partial charge on any atom is 0.433 e. The average Bonchev–Trinajstić information content (AvgIpc) is 1.99. The predicted molar refractivity (Wildman–Crippen MR) is 48.3 cm³/mol. The summed E-state index contributed by atoms with van der Waals surface area (Å²) in [6, 6.07) is 0.328. The largest absolute Gasteiger partial charge is 0.433 e. The van der Waals surface area contributed by atoms with Crippen LogP contribution in [0.15, 0.2) is 10.9 Å². The summed E-state index contributed by atoms with van der Waals surface area (Å²) in [6.07, 6.45) is -4.65. The average molecular weight is 221 g/mol. The molecular weight excluding hydrogens is 211 g/mol. The number of anilines is 1. The first-order valence-electron chi connectivity index (χ1n) is 4.19. The molecule has 7 heteroatoms. The standard InChI is InChI=1S/C8H10F3N3O/c1-4(2)14-6(12)3-5(8(9,10)11)13-7(14)15/h3-4H,12H2,1-2H3. The Hall–Kier alpha value is -1.53. The third kappa shape index (κ3) is 2.28. The lowest BCUT2D eigenvalue weighted by Crippen LogP contribution is -2.29. The molecule has 0 spiro atoms. The molecule has 0 atom stereocenters. The topological polar surface area (TPSA) is 60.9 Å². The Bertz CT molecular complexity index is 422. The second kappa shape index (κ2) is 3.56. The molecule has 4 nitrogen and oxygen atoms in total. The van der Waals surface area contributed by atoms with Gasteiger partial charge in [0.2, 0.25) is 0 Å². The van der Waals surface area contributed by atoms with Crippen LogP contribution in [0.5, 0.6) is 0 Å². The molecule has 0 aliphatic heterocycles. The van der Waals surface area contributed by atoms with Crippen LogP contribution in [0.4, 0.5) is 19.0 Å². The van der Waals surface area contributed by atoms with E-state index >= 15 is 0 Å². The fourth-order valence-corrected chi connectivity index (χ4v) is 1.17. The molecule has 1 rings (SSSR count). The molecule has 1 aromatic rings. The van der Waals surface area contributed by atoms with Crippen LogP contribution < -0.4 is 11.4 Å². The number of aromatic nitrogens is 2. The van der Waals surface area contributed by atoms with Crippen molar-refractivity contribution in [1.82, 2.24) is 9.55 Å². The van der Waals surface area contributed by atoms with Crippen molar-refractivity contribution >= 4 is 5.82 Å². The molecule has 1 heterocycles. The van der Waals surface area contributed by atoms with E-state index in [1.54, 1.807) is 13.8 Å². The molecule has 0 aliphatic carbocycles. The Balaban J connectivity index is 3.39. The second-order valence-electron chi connectivity index (χ2n) is 3.31. The van der Waals surface area contributed by atoms with Crippen LogP contribution in [0, 0.1) is 0 Å². The van der Waals surface area contributed by atoms with E-state index in [1.165, 1.54) is 0 Å². The third-order valence-electron chi connectivity index (χ3n) is 1.79. The molecule has 0 bridgehead atoms. The summed E-state index contributed by atoms with van der Waals surface area (Å²) in [5, 5.41) is 0. The number of nitrogens with two attached hydrogens (primary N) is 1. The van der Waals surface area contributed by atoms with E-state index in [-0.39, 0.29) is 11.9 Å². The summed E-state index contributed by atoms with van der Waals surface area (Å²) in [5.74, 6) is -0.239. The highest BCUT2D eigenvalue weighted by molar-refractivity contribution is 5.31. The molecule has 0 saturated heterocycles. The molecule has 84 valence electrons. The minimum atomic E-state index is -4.65. The van der Waals surface area contributed by atoms with Crippen molar-refractivity contribution in [2.24, 2.45) is 0 Å². The molecule has 0 aromatic carbocycles. The molecule has 0 aliphatic rings. The maximum atomic E-state index is 12.2. The van der Waals surface area contributed by atoms with Gasteiger partial charge in [-0.2, -0.15) is 18.2 Å². The van der Waals surface area contributed by atoms with E-state index in [9.17, 15) is 18.0 Å². The van der Waals surface area contributed by atoms with Gasteiger partial charge in [0.15, 0.2) is 5.69 Å². The van der Waals surface area contributed by atoms with E-state index in [0.29, 0.717) is 6.07 Å². The van der Waals surface area contributed by atoms with Gasteiger partial charge in [-0.05, 0) is 13.8 Å². The van der Waals surface area contributed by atoms with Crippen molar-refractivity contribution in [3.63, 3.8) is 0 Å². The number of hydrogen-bond donors (Lipinski definition) is 1. The van der Waals surface area contributed by atoms with Crippen molar-refractivity contribution in [2.75, 3.05) is 5.73 Å². The molecular formula is C8H10F3N3O. The van der Waals surface area contributed by atoms with Crippen LogP contribution in [0.3, 0.4) is 0 Å². The van der Waals surface area contributed by atoms with E-state index < -0.39 is 17.6 Å². The number of hydrogen-bond acceptors (Lipinski definition) is 3. The quantitative estimate of drug-likeness (QED) is 0.780. The number of nitrogen functional groups attached to an aromatic ring is 1. The molecule has 0 fully saturated rings. The highest BCUT2D eigenvalue weighted by atomic mass is 19.4. The number of halogens is 3. The zero-order valence-electron chi connectivity index (χ0n) is 8.17. The van der Waals surface area contributed by atoms with Gasteiger partial charge >= 0.3 is 11.9 Å². The SMILES string of the molecule is CC(C)n1c(N)cc(C(F)(F)F)nc1=O. The molecule has 1 aromatic heterocycles. The minimum absolute atomic E-state index is 0.239. The van der Waals surface area contributed by atoms with Crippen LogP contribution in [-0.4, -0.2) is 9.55 Å². The van der Waals surface area contributed by atoms with Crippen molar-refractivity contribution < 1.29 is 13.2 Å². The Labute approximate surface area is 83.5 Å². The van der Waals surface area contributed by atoms with Crippen LogP contribution >= 0.6 is 0 Å². The lowest BCUT2D eigenvalue weighted by molar-refractivity contribution is -0.141. The Morgan fingerprint density at radius 1 is 1.47 bits per heavy atom. The van der Waals surface area contributed by atoms with Gasteiger partial charge in [0, 0.05) is 12.1 Å². The third-order valence-corrected chi connectivity index (χ3v) is 1.79. The molecule has 0 amide bonds. The van der Waals surface area contributed by atoms with Crippen molar-refractivity contribution in [3.8, 4) is 0 Å². The first kappa shape index (κ1) is 11.5. The highest BCUT2D eigenvalue weighted by Crippen LogP contribution is 2.27. The Morgan fingerprint density at radius 2 is 2.00 bits per heavy atom. The molecule has 2 N–H and O–H groups in total. The van der Waals surface area contributed by atoms with Gasteiger partial charge in [0.05, 0.1) is 0 Å². The lowest BCUT2D eigenvalue weighted by Gasteiger charge is -2.14. The fourth-order valence-electron chi connectivity index (χ4n) is 1.17. The summed E-state index contributed by atoms with van der Waals surface area (Å²) < 4.78 is 37.6. The van der Waals surface area contributed by atoms with Crippen molar-refractivity contribution in [3.05, 3.63) is 22.2 Å². The first-order valence-corrected chi connectivity index (χ1v) is 4.19. The van der Waals surface area contributed by atoms with Crippen molar-refractivity contribution in [2.45, 2.75) is 26.1 Å². The monoisotopic (exact) mass is 221 g/mol. The summed E-state index contributed by atoms with van der Waals surface area (Å²) in [4.78, 5) is 14.1. The Kier molecular flexibility index (Phi) is 2.74. The fraction of sp³-hybridized carbons (Fsp3) is 0.500. The van der Waals surface area contributed by atoms with E-state index in [0.717, 1.165) is 4.57 Å². The summed E-state index contributed by atoms with van der Waals surface area (Å²) >= 11 is 0. The highest BCUT2D eigenvalue weighted by Gasteiger charge is 2.33. The number of nitrogens with zero attached hydrogens (tertiary/aromatic N) is 2. The smallest absolute Gasteiger partial charge is 0.385 e. The van der Waals surface area contributed by atoms with Crippen LogP contribution in [0.25, 0.3) is 0 Å². The second-order valence-corrected chi connectivity index (χ2v) is 3.31. The van der Waals surface area contributed by atoms with Crippen LogP contribution in [0.2, 0.25) is 0 Å². The number of alkyl halides is 3. The lowest BCUT2D eigenvalue weighted by atomic mass is 10.3. The predicted octanol–water partition coefficient (Wildman–Crippen LogP) is 1.43. The zero-order valence-corrected chi connectivity index (χ0v) is 8.17. The molecule has 0 unspecified atom stereocenters. The first-order chi connectivity index (χ1) is 6.73. The van der Waals surface area contributed by atoms with E-state index in [2.05, 4.69) is 4.98 Å². The summed E-state index contributed by atoms with van der Waals surface area (Å²) in [5.41, 5.74) is 3.09. The van der Waals surface area contributed by atoms with Gasteiger partial charge in [-0.15, -0.1) is 0 Å². The van der Waals surface area contributed by atoms with Crippen molar-refractivity contribution in [1.29, 1.82) is 0 Å². The van der Waals surface area contributed by atoms with E-state index in [4.69, 9.17) is 5.73 Å². The van der Waals surface area contributed by atoms with Gasteiger partial charge in [-0.3, -0.25) is 4.57 Å². The number of rotatable bonds is 1. The Morgan fingerprint density at radius 3 is 2.33 bits per heavy atom. The minimum Gasteiger partial charge on any atom is -0.385 e. The molecule has 15 heavy (non-hydrogen) atoms. The zero-order chi connectivity index (χ0) is 11.8.